The van der Waals surface area contributed by atoms with Crippen LogP contribution in [0.15, 0.2) is 0 Å². The van der Waals surface area contributed by atoms with Gasteiger partial charge >= 0.3 is 0 Å². The monoisotopic (exact) mass is 165 g/mol. The first-order valence-electron chi connectivity index (χ1n) is 3.68. The molecule has 62 valence electrons. The standard InChI is InChI=1S/C7H15NO.ClH/c1-6(9)4-7-2-3-8-5-7;/h6-9H,2-5H2,1H3;1H. The van der Waals surface area contributed by atoms with Gasteiger partial charge in [0, 0.05) is 0 Å². The Bertz CT molecular complexity index is 81.7. The predicted molar refractivity (Wildman–Crippen MR) is 44.5 cm³/mol. The van der Waals surface area contributed by atoms with Crippen molar-refractivity contribution in [3.63, 3.8) is 0 Å². The summed E-state index contributed by atoms with van der Waals surface area (Å²) < 4.78 is 0. The van der Waals surface area contributed by atoms with Crippen LogP contribution in [0.1, 0.15) is 19.8 Å². The highest BCUT2D eigenvalue weighted by atomic mass is 35.5. The molecular formula is C7H16ClNO. The molecule has 0 aromatic heterocycles. The molecule has 1 fully saturated rings. The van der Waals surface area contributed by atoms with E-state index >= 15 is 0 Å². The van der Waals surface area contributed by atoms with E-state index < -0.39 is 0 Å². The number of aliphatic hydroxyl groups is 1. The van der Waals surface area contributed by atoms with Gasteiger partial charge in [-0.25, -0.2) is 0 Å². The molecule has 1 aliphatic rings. The molecule has 0 spiro atoms. The summed E-state index contributed by atoms with van der Waals surface area (Å²) in [7, 11) is 0. The van der Waals surface area contributed by atoms with E-state index in [-0.39, 0.29) is 18.5 Å². The Labute approximate surface area is 68.4 Å². The summed E-state index contributed by atoms with van der Waals surface area (Å²) in [6.45, 7) is 4.10. The molecule has 1 aliphatic heterocycles. The van der Waals surface area contributed by atoms with Gasteiger partial charge in [0.2, 0.25) is 0 Å². The smallest absolute Gasteiger partial charge is 0.0515 e. The van der Waals surface area contributed by atoms with Crippen molar-refractivity contribution in [3.8, 4) is 0 Å². The third-order valence-corrected chi connectivity index (χ3v) is 1.84. The van der Waals surface area contributed by atoms with Crippen LogP contribution in [0.2, 0.25) is 0 Å². The van der Waals surface area contributed by atoms with E-state index in [9.17, 15) is 0 Å². The van der Waals surface area contributed by atoms with Crippen LogP contribution in [-0.4, -0.2) is 24.3 Å². The largest absolute Gasteiger partial charge is 0.393 e. The molecule has 0 aliphatic carbocycles. The van der Waals surface area contributed by atoms with Gasteiger partial charge in [0.15, 0.2) is 0 Å². The fraction of sp³-hybridized carbons (Fsp3) is 1.00. The van der Waals surface area contributed by atoms with E-state index in [1.807, 2.05) is 6.92 Å². The SMILES string of the molecule is CC(O)CC1CCNC1.Cl. The second-order valence-corrected chi connectivity index (χ2v) is 2.94. The average molecular weight is 166 g/mol. The Morgan fingerprint density at radius 3 is 2.80 bits per heavy atom. The first-order valence-corrected chi connectivity index (χ1v) is 3.68. The van der Waals surface area contributed by atoms with Crippen molar-refractivity contribution < 1.29 is 5.11 Å². The maximum Gasteiger partial charge on any atom is 0.0515 e. The first-order chi connectivity index (χ1) is 4.29. The lowest BCUT2D eigenvalue weighted by Crippen LogP contribution is -2.13. The van der Waals surface area contributed by atoms with Crippen LogP contribution < -0.4 is 5.32 Å². The van der Waals surface area contributed by atoms with Gasteiger partial charge in [0.05, 0.1) is 6.10 Å². The number of rotatable bonds is 2. The van der Waals surface area contributed by atoms with Gasteiger partial charge < -0.3 is 10.4 Å². The van der Waals surface area contributed by atoms with Gasteiger partial charge in [0.1, 0.15) is 0 Å². The van der Waals surface area contributed by atoms with Gasteiger partial charge in [-0.3, -0.25) is 0 Å². The summed E-state index contributed by atoms with van der Waals surface area (Å²) in [6.07, 6.45) is 2.09. The van der Waals surface area contributed by atoms with Gasteiger partial charge in [-0.05, 0) is 38.8 Å². The Morgan fingerprint density at radius 2 is 2.40 bits per heavy atom. The number of hydrogen-bond donors (Lipinski definition) is 2. The summed E-state index contributed by atoms with van der Waals surface area (Å²) in [5.74, 6) is 0.727. The molecule has 2 unspecified atom stereocenters. The van der Waals surface area contributed by atoms with Gasteiger partial charge in [0.25, 0.3) is 0 Å². The minimum atomic E-state index is -0.116. The van der Waals surface area contributed by atoms with E-state index in [2.05, 4.69) is 5.32 Å². The zero-order chi connectivity index (χ0) is 6.69. The number of aliphatic hydroxyl groups excluding tert-OH is 1. The maximum atomic E-state index is 8.98. The minimum Gasteiger partial charge on any atom is -0.393 e. The molecule has 1 rings (SSSR count). The summed E-state index contributed by atoms with van der Waals surface area (Å²) in [4.78, 5) is 0. The summed E-state index contributed by atoms with van der Waals surface area (Å²) in [5.41, 5.74) is 0. The molecule has 2 atom stereocenters. The normalized spacial score (nSPS) is 27.6. The van der Waals surface area contributed by atoms with E-state index in [1.165, 1.54) is 6.42 Å². The van der Waals surface area contributed by atoms with Crippen molar-refractivity contribution in [1.29, 1.82) is 0 Å². The van der Waals surface area contributed by atoms with Crippen LogP contribution in [-0.2, 0) is 0 Å². The first kappa shape index (κ1) is 10.2. The second kappa shape index (κ2) is 4.94. The Morgan fingerprint density at radius 1 is 1.70 bits per heavy atom. The highest BCUT2D eigenvalue weighted by Crippen LogP contribution is 2.13. The zero-order valence-corrected chi connectivity index (χ0v) is 7.16. The molecule has 1 heterocycles. The molecule has 0 bridgehead atoms. The highest BCUT2D eigenvalue weighted by molar-refractivity contribution is 5.85. The lowest BCUT2D eigenvalue weighted by molar-refractivity contribution is 0.164. The van der Waals surface area contributed by atoms with Crippen molar-refractivity contribution >= 4 is 12.4 Å². The molecule has 10 heavy (non-hydrogen) atoms. The minimum absolute atomic E-state index is 0. The van der Waals surface area contributed by atoms with E-state index in [0.717, 1.165) is 25.4 Å². The van der Waals surface area contributed by atoms with Gasteiger partial charge in [-0.15, -0.1) is 12.4 Å². The zero-order valence-electron chi connectivity index (χ0n) is 6.34. The second-order valence-electron chi connectivity index (χ2n) is 2.94. The van der Waals surface area contributed by atoms with Gasteiger partial charge in [-0.2, -0.15) is 0 Å². The molecule has 0 aromatic carbocycles. The van der Waals surface area contributed by atoms with E-state index in [1.54, 1.807) is 0 Å². The Balaban J connectivity index is 0.000000810. The number of halogens is 1. The average Bonchev–Trinajstić information content (AvgIpc) is 2.15. The van der Waals surface area contributed by atoms with Crippen molar-refractivity contribution in [2.45, 2.75) is 25.9 Å². The summed E-state index contributed by atoms with van der Waals surface area (Å²) in [6, 6.07) is 0. The molecule has 0 amide bonds. The molecule has 1 saturated heterocycles. The molecule has 2 N–H and O–H groups in total. The fourth-order valence-corrected chi connectivity index (χ4v) is 1.40. The lowest BCUT2D eigenvalue weighted by atomic mass is 10.0. The van der Waals surface area contributed by atoms with Crippen LogP contribution in [0.4, 0.5) is 0 Å². The van der Waals surface area contributed by atoms with Gasteiger partial charge in [-0.1, -0.05) is 0 Å². The molecular weight excluding hydrogens is 150 g/mol. The van der Waals surface area contributed by atoms with Crippen molar-refractivity contribution in [2.24, 2.45) is 5.92 Å². The number of nitrogens with one attached hydrogen (secondary N) is 1. The highest BCUT2D eigenvalue weighted by Gasteiger charge is 2.15. The van der Waals surface area contributed by atoms with Crippen molar-refractivity contribution in [1.82, 2.24) is 5.32 Å². The topological polar surface area (TPSA) is 32.3 Å². The molecule has 0 radical (unpaired) electrons. The van der Waals surface area contributed by atoms with Crippen LogP contribution in [0.5, 0.6) is 0 Å². The Kier molecular flexibility index (Phi) is 5.04. The molecule has 3 heteroatoms. The van der Waals surface area contributed by atoms with Crippen LogP contribution >= 0.6 is 12.4 Å². The van der Waals surface area contributed by atoms with Crippen LogP contribution in [0.3, 0.4) is 0 Å². The van der Waals surface area contributed by atoms with E-state index in [4.69, 9.17) is 5.11 Å². The van der Waals surface area contributed by atoms with Crippen LogP contribution in [0, 0.1) is 5.92 Å². The van der Waals surface area contributed by atoms with Crippen molar-refractivity contribution in [2.75, 3.05) is 13.1 Å². The predicted octanol–water partition coefficient (Wildman–Crippen LogP) is 0.789. The van der Waals surface area contributed by atoms with Crippen LogP contribution in [0.25, 0.3) is 0 Å². The molecule has 0 aromatic rings. The van der Waals surface area contributed by atoms with Crippen molar-refractivity contribution in [3.05, 3.63) is 0 Å². The summed E-state index contributed by atoms with van der Waals surface area (Å²) in [5, 5.41) is 12.3. The molecule has 2 nitrogen and oxygen atoms in total. The number of hydrogen-bond acceptors (Lipinski definition) is 2. The fourth-order valence-electron chi connectivity index (χ4n) is 1.40. The third kappa shape index (κ3) is 3.40. The summed E-state index contributed by atoms with van der Waals surface area (Å²) >= 11 is 0. The third-order valence-electron chi connectivity index (χ3n) is 1.84. The molecule has 0 saturated carbocycles. The quantitative estimate of drug-likeness (QED) is 0.634. The Hall–Kier alpha value is 0.210. The lowest BCUT2D eigenvalue weighted by Gasteiger charge is -2.08. The maximum absolute atomic E-state index is 8.98. The van der Waals surface area contributed by atoms with E-state index in [0.29, 0.717) is 0 Å².